The second-order valence-electron chi connectivity index (χ2n) is 4.98. The molecule has 2 N–H and O–H groups in total. The Hall–Kier alpha value is -1.60. The van der Waals surface area contributed by atoms with Gasteiger partial charge in [-0.15, -0.1) is 22.7 Å². The van der Waals surface area contributed by atoms with Gasteiger partial charge in [-0.1, -0.05) is 6.07 Å². The van der Waals surface area contributed by atoms with Gasteiger partial charge in [0.15, 0.2) is 5.13 Å². The maximum Gasteiger partial charge on any atom is 0.315 e. The number of amides is 2. The molecule has 0 saturated carbocycles. The summed E-state index contributed by atoms with van der Waals surface area (Å²) in [5.74, 6) is 0. The molecule has 0 radical (unpaired) electrons. The van der Waals surface area contributed by atoms with E-state index in [4.69, 9.17) is 0 Å². The van der Waals surface area contributed by atoms with E-state index in [1.54, 1.807) is 22.7 Å². The van der Waals surface area contributed by atoms with Crippen LogP contribution in [0.5, 0.6) is 0 Å². The zero-order chi connectivity index (χ0) is 14.5. The Morgan fingerprint density at radius 3 is 2.86 bits per heavy atom. The molecular formula is C14H18N4OS2. The molecule has 3 rings (SSSR count). The average Bonchev–Trinajstić information content (AvgIpc) is 3.19. The van der Waals surface area contributed by atoms with Crippen LogP contribution in [0.1, 0.15) is 17.7 Å². The van der Waals surface area contributed by atoms with Crippen LogP contribution in [0.4, 0.5) is 9.93 Å². The first-order chi connectivity index (χ1) is 10.3. The van der Waals surface area contributed by atoms with Crippen molar-refractivity contribution in [1.29, 1.82) is 0 Å². The lowest BCUT2D eigenvalue weighted by Gasteiger charge is -2.32. The molecule has 112 valence electrons. The Bertz CT molecular complexity index is 548. The molecule has 0 bridgehead atoms. The maximum absolute atomic E-state index is 11.9. The quantitative estimate of drug-likeness (QED) is 0.910. The first-order valence-corrected chi connectivity index (χ1v) is 8.78. The lowest BCUT2D eigenvalue weighted by atomic mass is 10.1. The zero-order valence-corrected chi connectivity index (χ0v) is 13.3. The smallest absolute Gasteiger partial charge is 0.315 e. The molecule has 0 atom stereocenters. The van der Waals surface area contributed by atoms with Crippen molar-refractivity contribution in [2.75, 3.05) is 18.0 Å². The number of carbonyl (C=O) groups is 1. The molecule has 21 heavy (non-hydrogen) atoms. The minimum atomic E-state index is -0.0731. The molecule has 2 aromatic rings. The fourth-order valence-corrected chi connectivity index (χ4v) is 3.75. The molecule has 2 aromatic heterocycles. The normalized spacial score (nSPS) is 15.9. The van der Waals surface area contributed by atoms with Gasteiger partial charge in [0, 0.05) is 35.6 Å². The lowest BCUT2D eigenvalue weighted by molar-refractivity contribution is 0.234. The predicted molar refractivity (Wildman–Crippen MR) is 87.0 cm³/mol. The molecular weight excluding hydrogens is 304 g/mol. The van der Waals surface area contributed by atoms with Gasteiger partial charge in [-0.3, -0.25) is 0 Å². The van der Waals surface area contributed by atoms with Gasteiger partial charge in [0.05, 0.1) is 6.54 Å². The number of aromatic nitrogens is 1. The number of carbonyl (C=O) groups excluding carboxylic acids is 1. The van der Waals surface area contributed by atoms with Gasteiger partial charge in [-0.2, -0.15) is 0 Å². The minimum absolute atomic E-state index is 0.0731. The van der Waals surface area contributed by atoms with E-state index < -0.39 is 0 Å². The molecule has 1 aliphatic heterocycles. The molecule has 0 aromatic carbocycles. The monoisotopic (exact) mass is 322 g/mol. The number of thiazole rings is 1. The summed E-state index contributed by atoms with van der Waals surface area (Å²) in [6.07, 6.45) is 3.76. The Kier molecular flexibility index (Phi) is 4.72. The van der Waals surface area contributed by atoms with Crippen LogP contribution < -0.4 is 15.5 Å². The van der Waals surface area contributed by atoms with E-state index in [0.29, 0.717) is 6.54 Å². The summed E-state index contributed by atoms with van der Waals surface area (Å²) in [5, 5.41) is 11.1. The number of piperidine rings is 1. The van der Waals surface area contributed by atoms with Crippen molar-refractivity contribution in [3.8, 4) is 0 Å². The zero-order valence-electron chi connectivity index (χ0n) is 11.6. The Morgan fingerprint density at radius 1 is 1.33 bits per heavy atom. The van der Waals surface area contributed by atoms with E-state index in [1.807, 2.05) is 29.1 Å². The van der Waals surface area contributed by atoms with Crippen molar-refractivity contribution in [2.24, 2.45) is 0 Å². The largest absolute Gasteiger partial charge is 0.348 e. The SMILES string of the molecule is O=C(NCc1cccs1)NC1CCN(c2nccs2)CC1. The highest BCUT2D eigenvalue weighted by molar-refractivity contribution is 7.13. The predicted octanol–water partition coefficient (Wildman–Crippen LogP) is 2.67. The summed E-state index contributed by atoms with van der Waals surface area (Å²) in [5.41, 5.74) is 0. The molecule has 0 aliphatic carbocycles. The summed E-state index contributed by atoms with van der Waals surface area (Å²) in [6.45, 7) is 2.49. The first-order valence-electron chi connectivity index (χ1n) is 7.02. The first kappa shape index (κ1) is 14.3. The number of urea groups is 1. The number of hydrogen-bond acceptors (Lipinski definition) is 5. The van der Waals surface area contributed by atoms with E-state index in [0.717, 1.165) is 31.1 Å². The van der Waals surface area contributed by atoms with Crippen LogP contribution >= 0.6 is 22.7 Å². The van der Waals surface area contributed by atoms with Crippen LogP contribution in [0, 0.1) is 0 Å². The highest BCUT2D eigenvalue weighted by Gasteiger charge is 2.21. The third-order valence-corrected chi connectivity index (χ3v) is 5.23. The number of rotatable bonds is 4. The van der Waals surface area contributed by atoms with Gasteiger partial charge in [0.25, 0.3) is 0 Å². The van der Waals surface area contributed by atoms with Crippen LogP contribution in [-0.4, -0.2) is 30.1 Å². The molecule has 1 fully saturated rings. The van der Waals surface area contributed by atoms with Crippen LogP contribution in [0.3, 0.4) is 0 Å². The van der Waals surface area contributed by atoms with Crippen LogP contribution in [0.25, 0.3) is 0 Å². The van der Waals surface area contributed by atoms with E-state index in [9.17, 15) is 4.79 Å². The van der Waals surface area contributed by atoms with Crippen molar-refractivity contribution in [2.45, 2.75) is 25.4 Å². The van der Waals surface area contributed by atoms with Gasteiger partial charge in [-0.05, 0) is 24.3 Å². The molecule has 2 amide bonds. The van der Waals surface area contributed by atoms with Crippen LogP contribution in [0.15, 0.2) is 29.1 Å². The van der Waals surface area contributed by atoms with Crippen molar-refractivity contribution < 1.29 is 4.79 Å². The third-order valence-electron chi connectivity index (χ3n) is 3.52. The van der Waals surface area contributed by atoms with E-state index in [2.05, 4.69) is 20.5 Å². The molecule has 5 nitrogen and oxygen atoms in total. The van der Waals surface area contributed by atoms with Crippen molar-refractivity contribution in [3.05, 3.63) is 34.0 Å². The maximum atomic E-state index is 11.9. The van der Waals surface area contributed by atoms with Crippen molar-refractivity contribution >= 4 is 33.8 Å². The number of thiophene rings is 1. The summed E-state index contributed by atoms with van der Waals surface area (Å²) >= 11 is 3.32. The fourth-order valence-electron chi connectivity index (χ4n) is 2.40. The number of nitrogens with one attached hydrogen (secondary N) is 2. The van der Waals surface area contributed by atoms with Gasteiger partial charge in [-0.25, -0.2) is 9.78 Å². The Morgan fingerprint density at radius 2 is 2.19 bits per heavy atom. The molecule has 3 heterocycles. The standard InChI is InChI=1S/C14H18N4OS2/c19-13(16-10-12-2-1-8-20-12)17-11-3-6-18(7-4-11)14-15-5-9-21-14/h1-2,5,8-9,11H,3-4,6-7,10H2,(H2,16,17,19). The van der Waals surface area contributed by atoms with Crippen molar-refractivity contribution in [3.63, 3.8) is 0 Å². The van der Waals surface area contributed by atoms with E-state index >= 15 is 0 Å². The number of nitrogens with zero attached hydrogens (tertiary/aromatic N) is 2. The second kappa shape index (κ2) is 6.91. The Balaban J connectivity index is 1.39. The van der Waals surface area contributed by atoms with Crippen LogP contribution in [0.2, 0.25) is 0 Å². The van der Waals surface area contributed by atoms with E-state index in [-0.39, 0.29) is 12.1 Å². The summed E-state index contributed by atoms with van der Waals surface area (Å²) in [6, 6.07) is 4.20. The fraction of sp³-hybridized carbons (Fsp3) is 0.429. The topological polar surface area (TPSA) is 57.3 Å². The summed E-state index contributed by atoms with van der Waals surface area (Å²) < 4.78 is 0. The highest BCUT2D eigenvalue weighted by atomic mass is 32.1. The van der Waals surface area contributed by atoms with Gasteiger partial charge in [0.1, 0.15) is 0 Å². The molecule has 0 spiro atoms. The second-order valence-corrected chi connectivity index (χ2v) is 6.89. The summed E-state index contributed by atoms with van der Waals surface area (Å²) in [4.78, 5) is 19.7. The minimum Gasteiger partial charge on any atom is -0.348 e. The number of hydrogen-bond donors (Lipinski definition) is 2. The molecule has 1 aliphatic rings. The lowest BCUT2D eigenvalue weighted by Crippen LogP contribution is -2.47. The van der Waals surface area contributed by atoms with Gasteiger partial charge < -0.3 is 15.5 Å². The highest BCUT2D eigenvalue weighted by Crippen LogP contribution is 2.21. The Labute approximate surface area is 132 Å². The number of anilines is 1. The van der Waals surface area contributed by atoms with Gasteiger partial charge in [0.2, 0.25) is 0 Å². The average molecular weight is 322 g/mol. The summed E-state index contributed by atoms with van der Waals surface area (Å²) in [7, 11) is 0. The molecule has 0 unspecified atom stereocenters. The molecule has 1 saturated heterocycles. The third kappa shape index (κ3) is 3.95. The van der Waals surface area contributed by atoms with Crippen molar-refractivity contribution in [1.82, 2.24) is 15.6 Å². The van der Waals surface area contributed by atoms with Crippen LogP contribution in [-0.2, 0) is 6.54 Å². The van der Waals surface area contributed by atoms with E-state index in [1.165, 1.54) is 4.88 Å². The van der Waals surface area contributed by atoms with Gasteiger partial charge >= 0.3 is 6.03 Å². The molecule has 7 heteroatoms.